The highest BCUT2D eigenvalue weighted by Crippen LogP contribution is 2.33. The van der Waals surface area contributed by atoms with Gasteiger partial charge in [-0.1, -0.05) is 60.7 Å². The van der Waals surface area contributed by atoms with Crippen molar-refractivity contribution in [3.8, 4) is 23.1 Å². The number of Topliss-reactive ketones (excluding diaryl/α,β-unsaturated/α-hetero) is 1. The van der Waals surface area contributed by atoms with Gasteiger partial charge in [0, 0.05) is 18.0 Å². The molecule has 4 aromatic rings. The SMILES string of the molecule is Cn1c(-c2ccccc2)c(C(=O)COc2ccccc2C#N)c2ccccc21. The smallest absolute Gasteiger partial charge is 0.203 e. The molecule has 0 N–H and O–H groups in total. The van der Waals surface area contributed by atoms with Gasteiger partial charge in [0.05, 0.1) is 16.8 Å². The van der Waals surface area contributed by atoms with Crippen LogP contribution < -0.4 is 4.74 Å². The third-order valence-electron chi connectivity index (χ3n) is 4.80. The van der Waals surface area contributed by atoms with E-state index in [9.17, 15) is 10.1 Å². The summed E-state index contributed by atoms with van der Waals surface area (Å²) in [6.45, 7) is -0.132. The lowest BCUT2D eigenvalue weighted by atomic mass is 10.0. The second-order valence-corrected chi connectivity index (χ2v) is 6.49. The summed E-state index contributed by atoms with van der Waals surface area (Å²) in [4.78, 5) is 13.2. The van der Waals surface area contributed by atoms with Crippen LogP contribution in [0.2, 0.25) is 0 Å². The minimum absolute atomic E-state index is 0.122. The van der Waals surface area contributed by atoms with Crippen molar-refractivity contribution in [2.45, 2.75) is 0 Å². The van der Waals surface area contributed by atoms with Crippen LogP contribution in [-0.4, -0.2) is 17.0 Å². The van der Waals surface area contributed by atoms with Gasteiger partial charge in [-0.3, -0.25) is 4.79 Å². The molecular formula is C24H18N2O2. The largest absolute Gasteiger partial charge is 0.484 e. The molecule has 1 aromatic heterocycles. The van der Waals surface area contributed by atoms with Crippen molar-refractivity contribution in [3.05, 3.63) is 90.0 Å². The first-order chi connectivity index (χ1) is 13.7. The average Bonchev–Trinajstić information content (AvgIpc) is 3.05. The number of benzene rings is 3. The van der Waals surface area contributed by atoms with E-state index in [-0.39, 0.29) is 12.4 Å². The molecule has 0 amide bonds. The summed E-state index contributed by atoms with van der Waals surface area (Å²) < 4.78 is 7.75. The zero-order valence-electron chi connectivity index (χ0n) is 15.4. The number of carbonyl (C=O) groups excluding carboxylic acids is 1. The number of aromatic nitrogens is 1. The number of nitrogens with zero attached hydrogens (tertiary/aromatic N) is 2. The summed E-state index contributed by atoms with van der Waals surface area (Å²) in [6.07, 6.45) is 0. The third-order valence-corrected chi connectivity index (χ3v) is 4.80. The molecule has 0 atom stereocenters. The van der Waals surface area contributed by atoms with E-state index >= 15 is 0 Å². The van der Waals surface area contributed by atoms with Gasteiger partial charge >= 0.3 is 0 Å². The van der Waals surface area contributed by atoms with Gasteiger partial charge in [-0.2, -0.15) is 5.26 Å². The van der Waals surface area contributed by atoms with Crippen LogP contribution in [0.3, 0.4) is 0 Å². The van der Waals surface area contributed by atoms with E-state index < -0.39 is 0 Å². The number of carbonyl (C=O) groups is 1. The number of fused-ring (bicyclic) bond motifs is 1. The Morgan fingerprint density at radius 1 is 0.964 bits per heavy atom. The molecule has 0 unspecified atom stereocenters. The van der Waals surface area contributed by atoms with Crippen molar-refractivity contribution in [1.29, 1.82) is 5.26 Å². The Hall–Kier alpha value is -3.84. The maximum Gasteiger partial charge on any atom is 0.203 e. The number of aryl methyl sites for hydroxylation is 1. The van der Waals surface area contributed by atoms with Gasteiger partial charge < -0.3 is 9.30 Å². The number of hydrogen-bond donors (Lipinski definition) is 0. The molecule has 1 heterocycles. The molecule has 28 heavy (non-hydrogen) atoms. The summed E-state index contributed by atoms with van der Waals surface area (Å²) in [5.41, 5.74) is 3.88. The molecule has 0 spiro atoms. The van der Waals surface area contributed by atoms with Crippen LogP contribution in [0.5, 0.6) is 5.75 Å². The summed E-state index contributed by atoms with van der Waals surface area (Å²) >= 11 is 0. The van der Waals surface area contributed by atoms with Gasteiger partial charge in [0.1, 0.15) is 11.8 Å². The average molecular weight is 366 g/mol. The zero-order valence-corrected chi connectivity index (χ0v) is 15.4. The van der Waals surface area contributed by atoms with Gasteiger partial charge in [0.2, 0.25) is 5.78 Å². The zero-order chi connectivity index (χ0) is 19.5. The lowest BCUT2D eigenvalue weighted by Crippen LogP contribution is -2.13. The highest BCUT2D eigenvalue weighted by molar-refractivity contribution is 6.14. The summed E-state index contributed by atoms with van der Waals surface area (Å²) in [6, 6.07) is 26.7. The van der Waals surface area contributed by atoms with Gasteiger partial charge in [-0.15, -0.1) is 0 Å². The highest BCUT2D eigenvalue weighted by atomic mass is 16.5. The monoisotopic (exact) mass is 366 g/mol. The Labute approximate surface area is 163 Å². The van der Waals surface area contributed by atoms with E-state index in [0.29, 0.717) is 16.9 Å². The molecule has 0 aliphatic heterocycles. The Bertz CT molecular complexity index is 1200. The number of rotatable bonds is 5. The van der Waals surface area contributed by atoms with Gasteiger partial charge in [0.25, 0.3) is 0 Å². The molecule has 0 bridgehead atoms. The first-order valence-electron chi connectivity index (χ1n) is 8.98. The van der Waals surface area contributed by atoms with Crippen molar-refractivity contribution >= 4 is 16.7 Å². The fourth-order valence-corrected chi connectivity index (χ4v) is 3.51. The first kappa shape index (κ1) is 17.6. The molecule has 4 rings (SSSR count). The predicted molar refractivity (Wildman–Crippen MR) is 109 cm³/mol. The van der Waals surface area contributed by atoms with Crippen molar-refractivity contribution in [3.63, 3.8) is 0 Å². The molecule has 0 radical (unpaired) electrons. The molecule has 0 fully saturated rings. The maximum absolute atomic E-state index is 13.2. The van der Waals surface area contributed by atoms with Gasteiger partial charge in [-0.05, 0) is 23.8 Å². The minimum atomic E-state index is -0.132. The molecule has 0 aliphatic rings. The molecular weight excluding hydrogens is 348 g/mol. The second kappa shape index (κ2) is 7.42. The molecule has 4 heteroatoms. The Morgan fingerprint density at radius 2 is 1.64 bits per heavy atom. The number of hydrogen-bond acceptors (Lipinski definition) is 3. The number of ether oxygens (including phenoxy) is 1. The van der Waals surface area contributed by atoms with Crippen molar-refractivity contribution < 1.29 is 9.53 Å². The third kappa shape index (κ3) is 3.04. The van der Waals surface area contributed by atoms with E-state index in [2.05, 4.69) is 6.07 Å². The lowest BCUT2D eigenvalue weighted by molar-refractivity contribution is 0.0923. The molecule has 4 nitrogen and oxygen atoms in total. The van der Waals surface area contributed by atoms with Crippen LogP contribution in [-0.2, 0) is 7.05 Å². The molecule has 0 aliphatic carbocycles. The summed E-state index contributed by atoms with van der Waals surface area (Å²) in [5.74, 6) is 0.295. The molecule has 0 saturated carbocycles. The van der Waals surface area contributed by atoms with Crippen molar-refractivity contribution in [2.24, 2.45) is 7.05 Å². The molecule has 136 valence electrons. The van der Waals surface area contributed by atoms with E-state index in [0.717, 1.165) is 22.2 Å². The molecule has 3 aromatic carbocycles. The van der Waals surface area contributed by atoms with E-state index in [1.165, 1.54) is 0 Å². The van der Waals surface area contributed by atoms with Crippen LogP contribution in [0.25, 0.3) is 22.2 Å². The summed E-state index contributed by atoms with van der Waals surface area (Å²) in [7, 11) is 1.97. The van der Waals surface area contributed by atoms with Crippen LogP contribution in [0.1, 0.15) is 15.9 Å². The van der Waals surface area contributed by atoms with E-state index in [4.69, 9.17) is 4.74 Å². The fourth-order valence-electron chi connectivity index (χ4n) is 3.51. The van der Waals surface area contributed by atoms with Gasteiger partial charge in [0.15, 0.2) is 6.61 Å². The van der Waals surface area contributed by atoms with E-state index in [1.807, 2.05) is 66.2 Å². The highest BCUT2D eigenvalue weighted by Gasteiger charge is 2.22. The molecule has 0 saturated heterocycles. The Balaban J connectivity index is 1.77. The Morgan fingerprint density at radius 3 is 2.43 bits per heavy atom. The standard InChI is InChI=1S/C24H18N2O2/c1-26-20-13-7-6-12-19(20)23(24(26)17-9-3-2-4-10-17)21(27)16-28-22-14-8-5-11-18(22)15-25/h2-14H,16H2,1H3. The van der Waals surface area contributed by atoms with Crippen LogP contribution in [0, 0.1) is 11.3 Å². The van der Waals surface area contributed by atoms with Gasteiger partial charge in [-0.25, -0.2) is 0 Å². The van der Waals surface area contributed by atoms with Crippen molar-refractivity contribution in [2.75, 3.05) is 6.61 Å². The first-order valence-corrected chi connectivity index (χ1v) is 8.98. The topological polar surface area (TPSA) is 55.0 Å². The minimum Gasteiger partial charge on any atom is -0.484 e. The maximum atomic E-state index is 13.2. The predicted octanol–water partition coefficient (Wildman–Crippen LogP) is 4.98. The van der Waals surface area contributed by atoms with Crippen LogP contribution >= 0.6 is 0 Å². The fraction of sp³-hybridized carbons (Fsp3) is 0.0833. The number of ketones is 1. The van der Waals surface area contributed by atoms with E-state index in [1.54, 1.807) is 24.3 Å². The van der Waals surface area contributed by atoms with Crippen LogP contribution in [0.15, 0.2) is 78.9 Å². The quantitative estimate of drug-likeness (QED) is 0.468. The number of nitriles is 1. The summed E-state index contributed by atoms with van der Waals surface area (Å²) in [5, 5.41) is 10.1. The lowest BCUT2D eigenvalue weighted by Gasteiger charge is -2.10. The normalized spacial score (nSPS) is 10.6. The second-order valence-electron chi connectivity index (χ2n) is 6.49. The Kier molecular flexibility index (Phi) is 4.65. The van der Waals surface area contributed by atoms with Crippen LogP contribution in [0.4, 0.5) is 0 Å². The van der Waals surface area contributed by atoms with Crippen molar-refractivity contribution in [1.82, 2.24) is 4.57 Å². The number of para-hydroxylation sites is 2.